The Morgan fingerprint density at radius 2 is 1.86 bits per heavy atom. The summed E-state index contributed by atoms with van der Waals surface area (Å²) in [5.41, 5.74) is 0.678. The first-order chi connectivity index (χ1) is 10.4. The number of ether oxygens (including phenoxy) is 2. The normalized spacial score (nSPS) is 13.5. The molecule has 120 valence electrons. The lowest BCUT2D eigenvalue weighted by Crippen LogP contribution is -2.47. The number of carboxylic acids is 1. The van der Waals surface area contributed by atoms with Crippen molar-refractivity contribution >= 4 is 18.0 Å². The molecule has 7 heteroatoms. The maximum atomic E-state index is 11.7. The maximum absolute atomic E-state index is 11.7. The first-order valence-corrected chi connectivity index (χ1v) is 6.50. The van der Waals surface area contributed by atoms with Gasteiger partial charge in [-0.15, -0.1) is 0 Å². The standard InChI is InChI=1S/C15H19NO6/c1-9(17)14(15(19)20)16-13(18)7-5-10-4-6-11(21-2)12(8-10)22-3/h4-9,14,17H,1-3H3,(H,16,18)(H,19,20)/b7-5+/t9-,14+/m1/s1. The number of nitrogens with one attached hydrogen (secondary N) is 1. The largest absolute Gasteiger partial charge is 0.493 e. The highest BCUT2D eigenvalue weighted by atomic mass is 16.5. The average Bonchev–Trinajstić information content (AvgIpc) is 2.49. The van der Waals surface area contributed by atoms with Crippen LogP contribution in [0.5, 0.6) is 11.5 Å². The zero-order valence-corrected chi connectivity index (χ0v) is 12.6. The van der Waals surface area contributed by atoms with Gasteiger partial charge >= 0.3 is 5.97 Å². The molecule has 0 aliphatic carbocycles. The molecular weight excluding hydrogens is 290 g/mol. The van der Waals surface area contributed by atoms with E-state index >= 15 is 0 Å². The van der Waals surface area contributed by atoms with Crippen molar-refractivity contribution in [3.8, 4) is 11.5 Å². The molecule has 1 aromatic rings. The lowest BCUT2D eigenvalue weighted by Gasteiger charge is -2.15. The number of amides is 1. The van der Waals surface area contributed by atoms with E-state index in [2.05, 4.69) is 5.32 Å². The molecule has 7 nitrogen and oxygen atoms in total. The van der Waals surface area contributed by atoms with E-state index in [1.807, 2.05) is 0 Å². The third kappa shape index (κ3) is 4.78. The molecule has 0 radical (unpaired) electrons. The molecule has 0 spiro atoms. The molecule has 1 aromatic carbocycles. The highest BCUT2D eigenvalue weighted by Crippen LogP contribution is 2.27. The van der Waals surface area contributed by atoms with Crippen molar-refractivity contribution in [1.29, 1.82) is 0 Å². The van der Waals surface area contributed by atoms with Crippen molar-refractivity contribution in [2.45, 2.75) is 19.1 Å². The number of carbonyl (C=O) groups is 2. The molecular formula is C15H19NO6. The zero-order chi connectivity index (χ0) is 16.7. The summed E-state index contributed by atoms with van der Waals surface area (Å²) in [6, 6.07) is 3.72. The highest BCUT2D eigenvalue weighted by molar-refractivity contribution is 5.94. The van der Waals surface area contributed by atoms with Crippen LogP contribution < -0.4 is 14.8 Å². The van der Waals surface area contributed by atoms with Crippen LogP contribution in [-0.4, -0.2) is 48.5 Å². The molecule has 0 saturated carbocycles. The van der Waals surface area contributed by atoms with Crippen LogP contribution in [0.2, 0.25) is 0 Å². The van der Waals surface area contributed by atoms with Crippen molar-refractivity contribution in [3.63, 3.8) is 0 Å². The number of aliphatic hydroxyl groups is 1. The molecule has 0 aliphatic heterocycles. The van der Waals surface area contributed by atoms with E-state index in [0.29, 0.717) is 17.1 Å². The lowest BCUT2D eigenvalue weighted by atomic mass is 10.1. The van der Waals surface area contributed by atoms with E-state index < -0.39 is 24.0 Å². The molecule has 1 rings (SSSR count). The summed E-state index contributed by atoms with van der Waals surface area (Å²) in [6.45, 7) is 1.29. The first-order valence-electron chi connectivity index (χ1n) is 6.50. The number of methoxy groups -OCH3 is 2. The van der Waals surface area contributed by atoms with E-state index in [0.717, 1.165) is 0 Å². The first kappa shape index (κ1) is 17.5. The molecule has 0 heterocycles. The number of hydrogen-bond donors (Lipinski definition) is 3. The van der Waals surface area contributed by atoms with Crippen LogP contribution in [0.25, 0.3) is 6.08 Å². The van der Waals surface area contributed by atoms with E-state index in [9.17, 15) is 14.7 Å². The van der Waals surface area contributed by atoms with Gasteiger partial charge in [0.05, 0.1) is 20.3 Å². The maximum Gasteiger partial charge on any atom is 0.328 e. The number of carboxylic acid groups (broad SMARTS) is 1. The van der Waals surface area contributed by atoms with Gasteiger partial charge in [0.1, 0.15) is 0 Å². The summed E-state index contributed by atoms with van der Waals surface area (Å²) in [5, 5.41) is 20.4. The Hall–Kier alpha value is -2.54. The smallest absolute Gasteiger partial charge is 0.328 e. The molecule has 0 fully saturated rings. The van der Waals surface area contributed by atoms with Gasteiger partial charge in [-0.25, -0.2) is 4.79 Å². The molecule has 1 amide bonds. The third-order valence-electron chi connectivity index (χ3n) is 2.88. The topological polar surface area (TPSA) is 105 Å². The Bertz CT molecular complexity index is 567. The van der Waals surface area contributed by atoms with Gasteiger partial charge in [-0.05, 0) is 30.7 Å². The fourth-order valence-corrected chi connectivity index (χ4v) is 1.72. The van der Waals surface area contributed by atoms with Crippen molar-refractivity contribution in [3.05, 3.63) is 29.8 Å². The summed E-state index contributed by atoms with van der Waals surface area (Å²) in [6.07, 6.45) is 1.48. The fourth-order valence-electron chi connectivity index (χ4n) is 1.72. The molecule has 3 N–H and O–H groups in total. The summed E-state index contributed by atoms with van der Waals surface area (Å²) in [7, 11) is 3.01. The summed E-state index contributed by atoms with van der Waals surface area (Å²) < 4.78 is 10.2. The van der Waals surface area contributed by atoms with Crippen molar-refractivity contribution in [2.24, 2.45) is 0 Å². The predicted octanol–water partition coefficient (Wildman–Crippen LogP) is 0.667. The van der Waals surface area contributed by atoms with Crippen LogP contribution >= 0.6 is 0 Å². The summed E-state index contributed by atoms with van der Waals surface area (Å²) in [4.78, 5) is 22.6. The van der Waals surface area contributed by atoms with Gasteiger partial charge in [0.2, 0.25) is 5.91 Å². The number of rotatable bonds is 7. The highest BCUT2D eigenvalue weighted by Gasteiger charge is 2.23. The number of benzene rings is 1. The zero-order valence-electron chi connectivity index (χ0n) is 12.6. The number of aliphatic carboxylic acids is 1. The molecule has 22 heavy (non-hydrogen) atoms. The Morgan fingerprint density at radius 1 is 1.23 bits per heavy atom. The van der Waals surface area contributed by atoms with Gasteiger partial charge in [0.15, 0.2) is 17.5 Å². The van der Waals surface area contributed by atoms with Crippen LogP contribution in [0, 0.1) is 0 Å². The van der Waals surface area contributed by atoms with Crippen molar-refractivity contribution in [2.75, 3.05) is 14.2 Å². The molecule has 0 saturated heterocycles. The van der Waals surface area contributed by atoms with Gasteiger partial charge in [0, 0.05) is 6.08 Å². The monoisotopic (exact) mass is 309 g/mol. The lowest BCUT2D eigenvalue weighted by molar-refractivity contribution is -0.144. The van der Waals surface area contributed by atoms with Gasteiger partial charge in [0.25, 0.3) is 0 Å². The number of carbonyl (C=O) groups excluding carboxylic acids is 1. The fraction of sp³-hybridized carbons (Fsp3) is 0.333. The Kier molecular flexibility index (Phi) is 6.40. The second-order valence-electron chi connectivity index (χ2n) is 4.51. The number of hydrogen-bond acceptors (Lipinski definition) is 5. The molecule has 2 atom stereocenters. The van der Waals surface area contributed by atoms with Gasteiger partial charge in [-0.1, -0.05) is 6.07 Å². The third-order valence-corrected chi connectivity index (χ3v) is 2.88. The average molecular weight is 309 g/mol. The molecule has 0 bridgehead atoms. The predicted molar refractivity (Wildman–Crippen MR) is 79.8 cm³/mol. The number of aliphatic hydroxyl groups excluding tert-OH is 1. The van der Waals surface area contributed by atoms with Crippen LogP contribution in [0.3, 0.4) is 0 Å². The SMILES string of the molecule is COc1ccc(/C=C/C(=O)N[C@H](C(=O)O)[C@@H](C)O)cc1OC. The Morgan fingerprint density at radius 3 is 2.36 bits per heavy atom. The van der Waals surface area contributed by atoms with Crippen LogP contribution in [-0.2, 0) is 9.59 Å². The molecule has 0 unspecified atom stereocenters. The minimum atomic E-state index is -1.36. The molecule has 0 aromatic heterocycles. The minimum Gasteiger partial charge on any atom is -0.493 e. The van der Waals surface area contributed by atoms with Crippen LogP contribution in [0.1, 0.15) is 12.5 Å². The van der Waals surface area contributed by atoms with Gasteiger partial charge in [-0.2, -0.15) is 0 Å². The second kappa shape index (κ2) is 8.04. The van der Waals surface area contributed by atoms with E-state index in [1.165, 1.54) is 33.3 Å². The van der Waals surface area contributed by atoms with Crippen molar-refractivity contribution < 1.29 is 29.3 Å². The van der Waals surface area contributed by atoms with E-state index in [4.69, 9.17) is 14.6 Å². The minimum absolute atomic E-state index is 0.512. The van der Waals surface area contributed by atoms with E-state index in [1.54, 1.807) is 18.2 Å². The quantitative estimate of drug-likeness (QED) is 0.639. The van der Waals surface area contributed by atoms with Crippen LogP contribution in [0.15, 0.2) is 24.3 Å². The van der Waals surface area contributed by atoms with Gasteiger partial charge < -0.3 is 25.0 Å². The van der Waals surface area contributed by atoms with Crippen LogP contribution in [0.4, 0.5) is 0 Å². The Labute approximate surface area is 128 Å². The summed E-state index contributed by atoms with van der Waals surface area (Å²) in [5.74, 6) is -0.854. The van der Waals surface area contributed by atoms with Crippen molar-refractivity contribution in [1.82, 2.24) is 5.32 Å². The second-order valence-corrected chi connectivity index (χ2v) is 4.51. The van der Waals surface area contributed by atoms with E-state index in [-0.39, 0.29) is 0 Å². The molecule has 0 aliphatic rings. The Balaban J connectivity index is 2.79. The van der Waals surface area contributed by atoms with Gasteiger partial charge in [-0.3, -0.25) is 4.79 Å². The summed E-state index contributed by atoms with van der Waals surface area (Å²) >= 11 is 0.